The number of hydrogen-bond donors (Lipinski definition) is 2. The Hall–Kier alpha value is -1.85. The molecule has 1 aromatic heterocycles. The van der Waals surface area contributed by atoms with Gasteiger partial charge in [0.2, 0.25) is 0 Å². The van der Waals surface area contributed by atoms with Crippen molar-refractivity contribution in [2.45, 2.75) is 33.4 Å². The molecule has 0 atom stereocenters. The highest BCUT2D eigenvalue weighted by Gasteiger charge is 2.13. The van der Waals surface area contributed by atoms with Crippen molar-refractivity contribution in [2.24, 2.45) is 7.05 Å². The Morgan fingerprint density at radius 1 is 1.29 bits per heavy atom. The van der Waals surface area contributed by atoms with Crippen LogP contribution in [0.3, 0.4) is 0 Å². The lowest BCUT2D eigenvalue weighted by Gasteiger charge is -2.14. The summed E-state index contributed by atoms with van der Waals surface area (Å²) in [5, 5.41) is 13.0. The first kappa shape index (κ1) is 17.0. The molecule has 1 heterocycles. The van der Waals surface area contributed by atoms with Gasteiger partial charge in [0.05, 0.1) is 11.2 Å². The molecule has 0 fully saturated rings. The minimum absolute atomic E-state index is 0.0694. The van der Waals surface area contributed by atoms with Crippen molar-refractivity contribution in [3.63, 3.8) is 0 Å². The molecule has 3 aromatic rings. The van der Waals surface area contributed by atoms with E-state index in [1.54, 1.807) is 0 Å². The quantitative estimate of drug-likeness (QED) is 0.685. The summed E-state index contributed by atoms with van der Waals surface area (Å²) in [6.07, 6.45) is 1.02. The number of aryl methyl sites for hydroxylation is 3. The normalized spacial score (nSPS) is 11.2. The predicted octanol–water partition coefficient (Wildman–Crippen LogP) is 4.31. The van der Waals surface area contributed by atoms with Crippen LogP contribution in [-0.2, 0) is 26.6 Å². The first-order valence-electron chi connectivity index (χ1n) is 8.12. The molecule has 5 heteroatoms. The highest BCUT2D eigenvalue weighted by atomic mass is 79.9. The summed E-state index contributed by atoms with van der Waals surface area (Å²) in [5.74, 6) is 0.663. The lowest BCUT2D eigenvalue weighted by atomic mass is 10.00. The molecule has 0 bridgehead atoms. The van der Waals surface area contributed by atoms with Crippen LogP contribution in [0.5, 0.6) is 0 Å². The van der Waals surface area contributed by atoms with Crippen molar-refractivity contribution in [1.29, 1.82) is 0 Å². The summed E-state index contributed by atoms with van der Waals surface area (Å²) < 4.78 is 2.92. The molecule has 2 aromatic carbocycles. The molecule has 24 heavy (non-hydrogen) atoms. The monoisotopic (exact) mass is 387 g/mol. The average Bonchev–Trinajstić information content (AvgIpc) is 2.89. The van der Waals surface area contributed by atoms with Crippen LogP contribution in [0.4, 0.5) is 5.69 Å². The third-order valence-corrected chi connectivity index (χ3v) is 4.99. The number of hydrogen-bond acceptors (Lipinski definition) is 3. The van der Waals surface area contributed by atoms with E-state index in [1.807, 2.05) is 23.7 Å². The van der Waals surface area contributed by atoms with Gasteiger partial charge in [-0.15, -0.1) is 0 Å². The zero-order valence-electron chi connectivity index (χ0n) is 14.2. The maximum Gasteiger partial charge on any atom is 0.135 e. The number of rotatable bonds is 5. The van der Waals surface area contributed by atoms with Gasteiger partial charge in [-0.3, -0.25) is 0 Å². The van der Waals surface area contributed by atoms with E-state index in [4.69, 9.17) is 0 Å². The standard InChI is InChI=1S/C19H22BrN3O/c1-4-13-7-5-6-12(2)15(13)10-21-16-8-14(20)9-17-19(16)22-18(11-24)23(17)3/h5-9,21,24H,4,10-11H2,1-3H3. The second-order valence-electron chi connectivity index (χ2n) is 5.99. The molecule has 0 saturated heterocycles. The van der Waals surface area contributed by atoms with Crippen molar-refractivity contribution in [3.05, 3.63) is 57.3 Å². The van der Waals surface area contributed by atoms with E-state index in [2.05, 4.69) is 58.3 Å². The number of anilines is 1. The van der Waals surface area contributed by atoms with Crippen molar-refractivity contribution in [2.75, 3.05) is 5.32 Å². The van der Waals surface area contributed by atoms with Gasteiger partial charge in [0.15, 0.2) is 0 Å². The molecule has 4 nitrogen and oxygen atoms in total. The zero-order valence-corrected chi connectivity index (χ0v) is 15.8. The second kappa shape index (κ2) is 6.95. The van der Waals surface area contributed by atoms with Gasteiger partial charge in [-0.1, -0.05) is 41.1 Å². The van der Waals surface area contributed by atoms with E-state index in [0.717, 1.165) is 34.2 Å². The van der Waals surface area contributed by atoms with Gasteiger partial charge in [0, 0.05) is 18.1 Å². The minimum Gasteiger partial charge on any atom is -0.388 e. The molecule has 2 N–H and O–H groups in total. The number of nitrogens with one attached hydrogen (secondary N) is 1. The Kier molecular flexibility index (Phi) is 4.92. The Morgan fingerprint density at radius 2 is 2.08 bits per heavy atom. The highest BCUT2D eigenvalue weighted by molar-refractivity contribution is 9.10. The predicted molar refractivity (Wildman–Crippen MR) is 102 cm³/mol. The van der Waals surface area contributed by atoms with E-state index in [1.165, 1.54) is 16.7 Å². The van der Waals surface area contributed by atoms with Crippen molar-refractivity contribution in [1.82, 2.24) is 9.55 Å². The number of fused-ring (bicyclic) bond motifs is 1. The van der Waals surface area contributed by atoms with Gasteiger partial charge in [-0.2, -0.15) is 0 Å². The topological polar surface area (TPSA) is 50.1 Å². The van der Waals surface area contributed by atoms with E-state index in [-0.39, 0.29) is 6.61 Å². The SMILES string of the molecule is CCc1cccc(C)c1CNc1cc(Br)cc2c1nc(CO)n2C. The molecular weight excluding hydrogens is 366 g/mol. The minimum atomic E-state index is -0.0694. The maximum absolute atomic E-state index is 9.48. The molecule has 0 unspecified atom stereocenters. The fourth-order valence-electron chi connectivity index (χ4n) is 3.11. The summed E-state index contributed by atoms with van der Waals surface area (Å²) in [5.41, 5.74) is 6.86. The Balaban J connectivity index is 1.99. The van der Waals surface area contributed by atoms with Crippen LogP contribution < -0.4 is 5.32 Å². The van der Waals surface area contributed by atoms with Gasteiger partial charge in [-0.25, -0.2) is 4.98 Å². The fourth-order valence-corrected chi connectivity index (χ4v) is 3.55. The molecule has 0 spiro atoms. The Labute approximate surface area is 150 Å². The van der Waals surface area contributed by atoms with Crippen LogP contribution in [0, 0.1) is 6.92 Å². The first-order chi connectivity index (χ1) is 11.5. The maximum atomic E-state index is 9.48. The molecule has 126 valence electrons. The largest absolute Gasteiger partial charge is 0.388 e. The van der Waals surface area contributed by atoms with Gasteiger partial charge in [-0.05, 0) is 42.2 Å². The summed E-state index contributed by atoms with van der Waals surface area (Å²) >= 11 is 3.57. The van der Waals surface area contributed by atoms with Crippen LogP contribution in [0.15, 0.2) is 34.8 Å². The summed E-state index contributed by atoms with van der Waals surface area (Å²) in [7, 11) is 1.92. The zero-order chi connectivity index (χ0) is 17.3. The molecular formula is C19H22BrN3O. The number of aromatic nitrogens is 2. The number of halogens is 1. The fraction of sp³-hybridized carbons (Fsp3) is 0.316. The average molecular weight is 388 g/mol. The molecule has 0 aliphatic heterocycles. The lowest BCUT2D eigenvalue weighted by Crippen LogP contribution is -2.05. The second-order valence-corrected chi connectivity index (χ2v) is 6.90. The van der Waals surface area contributed by atoms with E-state index in [9.17, 15) is 5.11 Å². The third-order valence-electron chi connectivity index (χ3n) is 4.53. The number of imidazole rings is 1. The molecule has 0 saturated carbocycles. The molecule has 0 aliphatic rings. The lowest BCUT2D eigenvalue weighted by molar-refractivity contribution is 0.268. The molecule has 0 aliphatic carbocycles. The van der Waals surface area contributed by atoms with Crippen molar-refractivity contribution >= 4 is 32.7 Å². The third kappa shape index (κ3) is 3.06. The van der Waals surface area contributed by atoms with Crippen LogP contribution in [0.1, 0.15) is 29.4 Å². The van der Waals surface area contributed by atoms with E-state index in [0.29, 0.717) is 5.82 Å². The van der Waals surface area contributed by atoms with Crippen molar-refractivity contribution < 1.29 is 5.11 Å². The number of aliphatic hydroxyl groups is 1. The number of benzene rings is 2. The van der Waals surface area contributed by atoms with Crippen molar-refractivity contribution in [3.8, 4) is 0 Å². The molecule has 0 radical (unpaired) electrons. The first-order valence-corrected chi connectivity index (χ1v) is 8.91. The van der Waals surface area contributed by atoms with Crippen LogP contribution in [-0.4, -0.2) is 14.7 Å². The van der Waals surface area contributed by atoms with Gasteiger partial charge in [0.25, 0.3) is 0 Å². The number of aliphatic hydroxyl groups excluding tert-OH is 1. The molecule has 3 rings (SSSR count). The summed E-state index contributed by atoms with van der Waals surface area (Å²) in [6.45, 7) is 5.02. The summed E-state index contributed by atoms with van der Waals surface area (Å²) in [6, 6.07) is 10.5. The van der Waals surface area contributed by atoms with Gasteiger partial charge >= 0.3 is 0 Å². The summed E-state index contributed by atoms with van der Waals surface area (Å²) in [4.78, 5) is 4.58. The smallest absolute Gasteiger partial charge is 0.135 e. The van der Waals surface area contributed by atoms with E-state index < -0.39 is 0 Å². The van der Waals surface area contributed by atoms with Crippen LogP contribution >= 0.6 is 15.9 Å². The van der Waals surface area contributed by atoms with E-state index >= 15 is 0 Å². The molecule has 0 amide bonds. The Bertz CT molecular complexity index is 886. The van der Waals surface area contributed by atoms with Crippen LogP contribution in [0.2, 0.25) is 0 Å². The van der Waals surface area contributed by atoms with Gasteiger partial charge in [0.1, 0.15) is 17.9 Å². The van der Waals surface area contributed by atoms with Gasteiger partial charge < -0.3 is 15.0 Å². The Morgan fingerprint density at radius 3 is 2.79 bits per heavy atom. The number of nitrogens with zero attached hydrogens (tertiary/aromatic N) is 2. The highest BCUT2D eigenvalue weighted by Crippen LogP contribution is 2.29. The van der Waals surface area contributed by atoms with Crippen LogP contribution in [0.25, 0.3) is 11.0 Å².